The summed E-state index contributed by atoms with van der Waals surface area (Å²) in [5.41, 5.74) is 3.48. The standard InChI is InChI=1S/C14H16O3/c1-2-11(14(16)17)13-5-3-4-9-8-10(15)6-7-12(9)13/h6-8,15H,2-5H2,1H3,(H,16,17)/b13-11+. The van der Waals surface area contributed by atoms with Crippen molar-refractivity contribution in [2.24, 2.45) is 0 Å². The monoisotopic (exact) mass is 232 g/mol. The summed E-state index contributed by atoms with van der Waals surface area (Å²) in [7, 11) is 0. The van der Waals surface area contributed by atoms with Gasteiger partial charge in [0.15, 0.2) is 0 Å². The van der Waals surface area contributed by atoms with Crippen molar-refractivity contribution in [1.29, 1.82) is 0 Å². The summed E-state index contributed by atoms with van der Waals surface area (Å²) in [6.07, 6.45) is 3.20. The van der Waals surface area contributed by atoms with Gasteiger partial charge in [-0.15, -0.1) is 0 Å². The summed E-state index contributed by atoms with van der Waals surface area (Å²) < 4.78 is 0. The van der Waals surface area contributed by atoms with E-state index in [4.69, 9.17) is 0 Å². The van der Waals surface area contributed by atoms with E-state index >= 15 is 0 Å². The highest BCUT2D eigenvalue weighted by Gasteiger charge is 2.20. The molecule has 17 heavy (non-hydrogen) atoms. The largest absolute Gasteiger partial charge is 0.508 e. The number of aromatic hydroxyl groups is 1. The first-order chi connectivity index (χ1) is 8.13. The van der Waals surface area contributed by atoms with E-state index in [-0.39, 0.29) is 5.75 Å². The van der Waals surface area contributed by atoms with Gasteiger partial charge in [0.2, 0.25) is 0 Å². The fraction of sp³-hybridized carbons (Fsp3) is 0.357. The topological polar surface area (TPSA) is 57.5 Å². The molecule has 0 atom stereocenters. The Kier molecular flexibility index (Phi) is 3.18. The number of aryl methyl sites for hydroxylation is 1. The molecule has 2 N–H and O–H groups in total. The van der Waals surface area contributed by atoms with E-state index < -0.39 is 5.97 Å². The normalized spacial score (nSPS) is 17.5. The van der Waals surface area contributed by atoms with Crippen LogP contribution in [-0.2, 0) is 11.2 Å². The van der Waals surface area contributed by atoms with Gasteiger partial charge in [-0.1, -0.05) is 13.0 Å². The smallest absolute Gasteiger partial charge is 0.331 e. The van der Waals surface area contributed by atoms with Crippen LogP contribution in [0.25, 0.3) is 5.57 Å². The third-order valence-electron chi connectivity index (χ3n) is 3.26. The second-order valence-electron chi connectivity index (χ2n) is 4.31. The van der Waals surface area contributed by atoms with Gasteiger partial charge in [-0.3, -0.25) is 0 Å². The Balaban J connectivity index is 2.58. The van der Waals surface area contributed by atoms with Crippen LogP contribution in [0, 0.1) is 0 Å². The van der Waals surface area contributed by atoms with Gasteiger partial charge in [-0.05, 0) is 54.5 Å². The fourth-order valence-electron chi connectivity index (χ4n) is 2.48. The summed E-state index contributed by atoms with van der Waals surface area (Å²) in [4.78, 5) is 11.2. The summed E-state index contributed by atoms with van der Waals surface area (Å²) in [5.74, 6) is -0.582. The summed E-state index contributed by atoms with van der Waals surface area (Å²) in [6.45, 7) is 1.87. The van der Waals surface area contributed by atoms with E-state index in [1.807, 2.05) is 13.0 Å². The second-order valence-corrected chi connectivity index (χ2v) is 4.31. The number of carboxylic acids is 1. The maximum atomic E-state index is 11.2. The van der Waals surface area contributed by atoms with Gasteiger partial charge in [-0.25, -0.2) is 4.79 Å². The van der Waals surface area contributed by atoms with Gasteiger partial charge >= 0.3 is 5.97 Å². The fourth-order valence-corrected chi connectivity index (χ4v) is 2.48. The zero-order chi connectivity index (χ0) is 12.4. The quantitative estimate of drug-likeness (QED) is 0.771. The van der Waals surface area contributed by atoms with Gasteiger partial charge in [-0.2, -0.15) is 0 Å². The van der Waals surface area contributed by atoms with Crippen LogP contribution in [0.1, 0.15) is 37.3 Å². The number of carbonyl (C=O) groups is 1. The van der Waals surface area contributed by atoms with Crippen LogP contribution >= 0.6 is 0 Å². The van der Waals surface area contributed by atoms with Gasteiger partial charge in [0.05, 0.1) is 0 Å². The van der Waals surface area contributed by atoms with E-state index in [0.717, 1.165) is 36.0 Å². The summed E-state index contributed by atoms with van der Waals surface area (Å²) in [5, 5.41) is 18.6. The van der Waals surface area contributed by atoms with Gasteiger partial charge in [0, 0.05) is 5.57 Å². The Labute approximate surface area is 100 Å². The number of allylic oxidation sites excluding steroid dienone is 1. The first kappa shape index (κ1) is 11.7. The van der Waals surface area contributed by atoms with Crippen molar-refractivity contribution >= 4 is 11.5 Å². The highest BCUT2D eigenvalue weighted by Crippen LogP contribution is 2.35. The average Bonchev–Trinajstić information content (AvgIpc) is 2.29. The Morgan fingerprint density at radius 2 is 2.12 bits per heavy atom. The van der Waals surface area contributed by atoms with Crippen LogP contribution in [0.2, 0.25) is 0 Å². The predicted molar refractivity (Wildman–Crippen MR) is 65.9 cm³/mol. The molecule has 0 spiro atoms. The molecule has 0 amide bonds. The predicted octanol–water partition coefficient (Wildman–Crippen LogP) is 2.98. The minimum atomic E-state index is -0.830. The number of hydrogen-bond acceptors (Lipinski definition) is 2. The van der Waals surface area contributed by atoms with Crippen LogP contribution < -0.4 is 0 Å². The van der Waals surface area contributed by atoms with Crippen molar-refractivity contribution in [2.45, 2.75) is 32.6 Å². The molecule has 1 aromatic carbocycles. The molecule has 0 saturated heterocycles. The van der Waals surface area contributed by atoms with E-state index in [2.05, 4.69) is 0 Å². The minimum absolute atomic E-state index is 0.248. The summed E-state index contributed by atoms with van der Waals surface area (Å²) in [6, 6.07) is 5.20. The van der Waals surface area contributed by atoms with Crippen molar-refractivity contribution in [1.82, 2.24) is 0 Å². The van der Waals surface area contributed by atoms with E-state index in [1.54, 1.807) is 12.1 Å². The lowest BCUT2D eigenvalue weighted by atomic mass is 9.84. The number of phenols is 1. The van der Waals surface area contributed by atoms with Crippen LogP contribution in [0.5, 0.6) is 5.75 Å². The van der Waals surface area contributed by atoms with Crippen LogP contribution in [0.15, 0.2) is 23.8 Å². The molecular weight excluding hydrogens is 216 g/mol. The molecule has 0 bridgehead atoms. The number of aliphatic carboxylic acids is 1. The Morgan fingerprint density at radius 1 is 1.35 bits per heavy atom. The number of fused-ring (bicyclic) bond motifs is 1. The Hall–Kier alpha value is -1.77. The lowest BCUT2D eigenvalue weighted by Crippen LogP contribution is -2.09. The Morgan fingerprint density at radius 3 is 2.76 bits per heavy atom. The third kappa shape index (κ3) is 2.18. The number of benzene rings is 1. The van der Waals surface area contributed by atoms with Gasteiger partial charge in [0.1, 0.15) is 5.75 Å². The van der Waals surface area contributed by atoms with E-state index in [1.165, 1.54) is 0 Å². The molecule has 90 valence electrons. The highest BCUT2D eigenvalue weighted by atomic mass is 16.4. The average molecular weight is 232 g/mol. The van der Waals surface area contributed by atoms with Crippen molar-refractivity contribution in [2.75, 3.05) is 0 Å². The molecule has 0 radical (unpaired) electrons. The molecule has 0 saturated carbocycles. The van der Waals surface area contributed by atoms with Crippen LogP contribution in [-0.4, -0.2) is 16.2 Å². The maximum Gasteiger partial charge on any atom is 0.331 e. The minimum Gasteiger partial charge on any atom is -0.508 e. The molecule has 1 aliphatic rings. The lowest BCUT2D eigenvalue weighted by molar-refractivity contribution is -0.132. The van der Waals surface area contributed by atoms with Crippen LogP contribution in [0.3, 0.4) is 0 Å². The molecule has 3 nitrogen and oxygen atoms in total. The molecule has 0 fully saturated rings. The van der Waals surface area contributed by atoms with Crippen LogP contribution in [0.4, 0.5) is 0 Å². The molecule has 1 aromatic rings. The molecule has 1 aliphatic carbocycles. The molecule has 0 heterocycles. The summed E-state index contributed by atoms with van der Waals surface area (Å²) >= 11 is 0. The molecular formula is C14H16O3. The molecule has 3 heteroatoms. The van der Waals surface area contributed by atoms with Gasteiger partial charge < -0.3 is 10.2 Å². The highest BCUT2D eigenvalue weighted by molar-refractivity contribution is 5.97. The van der Waals surface area contributed by atoms with E-state index in [0.29, 0.717) is 12.0 Å². The van der Waals surface area contributed by atoms with E-state index in [9.17, 15) is 15.0 Å². The molecule has 0 aromatic heterocycles. The third-order valence-corrected chi connectivity index (χ3v) is 3.26. The number of carboxylic acid groups (broad SMARTS) is 1. The Bertz CT molecular complexity index is 486. The zero-order valence-electron chi connectivity index (χ0n) is 9.86. The lowest BCUT2D eigenvalue weighted by Gasteiger charge is -2.21. The van der Waals surface area contributed by atoms with Crippen molar-refractivity contribution in [3.8, 4) is 5.75 Å². The first-order valence-electron chi connectivity index (χ1n) is 5.91. The van der Waals surface area contributed by atoms with Crippen molar-refractivity contribution in [3.05, 3.63) is 34.9 Å². The van der Waals surface area contributed by atoms with Gasteiger partial charge in [0.25, 0.3) is 0 Å². The number of hydrogen-bond donors (Lipinski definition) is 2. The maximum absolute atomic E-state index is 11.2. The second kappa shape index (κ2) is 4.62. The number of rotatable bonds is 2. The molecule has 0 unspecified atom stereocenters. The number of phenolic OH excluding ortho intramolecular Hbond substituents is 1. The molecule has 2 rings (SSSR count). The van der Waals surface area contributed by atoms with Crippen molar-refractivity contribution in [3.63, 3.8) is 0 Å². The zero-order valence-corrected chi connectivity index (χ0v) is 9.86. The molecule has 0 aliphatic heterocycles. The van der Waals surface area contributed by atoms with Crippen molar-refractivity contribution < 1.29 is 15.0 Å². The first-order valence-corrected chi connectivity index (χ1v) is 5.91. The SMILES string of the molecule is CC/C(C(=O)O)=C1/CCCc2cc(O)ccc21.